The smallest absolute Gasteiger partial charge is 0.269 e. The molecule has 0 radical (unpaired) electrons. The number of carbonyl (C=O) groups is 2. The van der Waals surface area contributed by atoms with Crippen LogP contribution in [-0.4, -0.2) is 47.4 Å². The van der Waals surface area contributed by atoms with E-state index < -0.39 is 11.0 Å². The van der Waals surface area contributed by atoms with Crippen LogP contribution in [0.2, 0.25) is 0 Å². The second kappa shape index (κ2) is 8.08. The Hall–Kier alpha value is -3.42. The first-order valence-electron chi connectivity index (χ1n) is 9.02. The SMILES string of the molecule is CCOc1cccc(N2CCN(C(=O)c3ccc([N+](=O)[O-])cc3)[C@H](C)C2=O)c1. The molecule has 1 heterocycles. The van der Waals surface area contributed by atoms with Crippen molar-refractivity contribution < 1.29 is 19.2 Å². The number of anilines is 1. The Morgan fingerprint density at radius 2 is 1.93 bits per heavy atom. The zero-order chi connectivity index (χ0) is 20.3. The predicted octanol–water partition coefficient (Wildman–Crippen LogP) is 2.87. The van der Waals surface area contributed by atoms with Crippen molar-refractivity contribution in [1.82, 2.24) is 4.90 Å². The van der Waals surface area contributed by atoms with Gasteiger partial charge in [0.15, 0.2) is 0 Å². The molecule has 1 aliphatic rings. The first kappa shape index (κ1) is 19.3. The monoisotopic (exact) mass is 383 g/mol. The van der Waals surface area contributed by atoms with Crippen molar-refractivity contribution in [1.29, 1.82) is 0 Å². The van der Waals surface area contributed by atoms with E-state index in [0.29, 0.717) is 31.0 Å². The third kappa shape index (κ3) is 3.80. The van der Waals surface area contributed by atoms with Crippen LogP contribution in [0.4, 0.5) is 11.4 Å². The standard InChI is InChI=1S/C20H21N3O5/c1-3-28-18-6-4-5-17(13-18)22-12-11-21(14(2)19(22)24)20(25)15-7-9-16(10-8-15)23(26)27/h4-10,13-14H,3,11-12H2,1-2H3/t14-/m1/s1. The molecule has 0 spiro atoms. The van der Waals surface area contributed by atoms with Crippen molar-refractivity contribution >= 4 is 23.2 Å². The number of rotatable bonds is 5. The lowest BCUT2D eigenvalue weighted by Crippen LogP contribution is -2.57. The lowest BCUT2D eigenvalue weighted by atomic mass is 10.1. The summed E-state index contributed by atoms with van der Waals surface area (Å²) in [6, 6.07) is 12.0. The molecule has 28 heavy (non-hydrogen) atoms. The fourth-order valence-electron chi connectivity index (χ4n) is 3.20. The van der Waals surface area contributed by atoms with Crippen molar-refractivity contribution in [3.8, 4) is 5.75 Å². The van der Waals surface area contributed by atoms with Crippen LogP contribution in [0.1, 0.15) is 24.2 Å². The minimum atomic E-state index is -0.646. The van der Waals surface area contributed by atoms with E-state index in [9.17, 15) is 19.7 Å². The van der Waals surface area contributed by atoms with Crippen LogP contribution in [0.5, 0.6) is 5.75 Å². The lowest BCUT2D eigenvalue weighted by molar-refractivity contribution is -0.384. The number of amides is 2. The highest BCUT2D eigenvalue weighted by Gasteiger charge is 2.35. The van der Waals surface area contributed by atoms with Gasteiger partial charge in [0, 0.05) is 42.5 Å². The highest BCUT2D eigenvalue weighted by atomic mass is 16.6. The minimum Gasteiger partial charge on any atom is -0.494 e. The number of piperazine rings is 1. The van der Waals surface area contributed by atoms with Crippen LogP contribution in [0.25, 0.3) is 0 Å². The molecule has 2 aromatic carbocycles. The van der Waals surface area contributed by atoms with Crippen molar-refractivity contribution in [2.24, 2.45) is 0 Å². The fraction of sp³-hybridized carbons (Fsp3) is 0.300. The number of hydrogen-bond acceptors (Lipinski definition) is 5. The van der Waals surface area contributed by atoms with Gasteiger partial charge < -0.3 is 14.5 Å². The molecule has 0 aromatic heterocycles. The Labute approximate surface area is 162 Å². The number of nitro benzene ring substituents is 1. The summed E-state index contributed by atoms with van der Waals surface area (Å²) in [6.07, 6.45) is 0. The number of nitrogens with zero attached hydrogens (tertiary/aromatic N) is 3. The van der Waals surface area contributed by atoms with Crippen molar-refractivity contribution in [3.05, 3.63) is 64.2 Å². The molecule has 8 heteroatoms. The summed E-state index contributed by atoms with van der Waals surface area (Å²) < 4.78 is 5.49. The molecule has 2 aromatic rings. The molecule has 2 amide bonds. The third-order valence-corrected chi connectivity index (χ3v) is 4.68. The second-order valence-corrected chi connectivity index (χ2v) is 6.40. The van der Waals surface area contributed by atoms with Gasteiger partial charge in [-0.3, -0.25) is 19.7 Å². The number of nitro groups is 1. The topological polar surface area (TPSA) is 93.0 Å². The Balaban J connectivity index is 1.76. The molecule has 8 nitrogen and oxygen atoms in total. The van der Waals surface area contributed by atoms with Crippen LogP contribution >= 0.6 is 0 Å². The zero-order valence-electron chi connectivity index (χ0n) is 15.7. The van der Waals surface area contributed by atoms with Crippen LogP contribution in [0.3, 0.4) is 0 Å². The van der Waals surface area contributed by atoms with Crippen molar-refractivity contribution in [2.75, 3.05) is 24.6 Å². The fourth-order valence-corrected chi connectivity index (χ4v) is 3.20. The molecular weight excluding hydrogens is 362 g/mol. The average Bonchev–Trinajstić information content (AvgIpc) is 2.70. The van der Waals surface area contributed by atoms with Gasteiger partial charge in [-0.25, -0.2) is 0 Å². The molecule has 0 unspecified atom stereocenters. The molecule has 1 aliphatic heterocycles. The van der Waals surface area contributed by atoms with E-state index in [-0.39, 0.29) is 17.5 Å². The third-order valence-electron chi connectivity index (χ3n) is 4.68. The van der Waals surface area contributed by atoms with E-state index in [1.165, 1.54) is 29.2 Å². The summed E-state index contributed by atoms with van der Waals surface area (Å²) in [5, 5.41) is 10.8. The Morgan fingerprint density at radius 3 is 2.57 bits per heavy atom. The van der Waals surface area contributed by atoms with E-state index >= 15 is 0 Å². The molecule has 0 bridgehead atoms. The van der Waals surface area contributed by atoms with Gasteiger partial charge in [-0.05, 0) is 38.1 Å². The van der Waals surface area contributed by atoms with Gasteiger partial charge in [-0.15, -0.1) is 0 Å². The van der Waals surface area contributed by atoms with Crippen LogP contribution in [0, 0.1) is 10.1 Å². The molecule has 1 atom stereocenters. The Morgan fingerprint density at radius 1 is 1.21 bits per heavy atom. The quantitative estimate of drug-likeness (QED) is 0.585. The molecular formula is C20H21N3O5. The van der Waals surface area contributed by atoms with E-state index in [1.807, 2.05) is 31.2 Å². The maximum Gasteiger partial charge on any atom is 0.269 e. The Kier molecular flexibility index (Phi) is 5.58. The lowest BCUT2D eigenvalue weighted by Gasteiger charge is -2.39. The van der Waals surface area contributed by atoms with Gasteiger partial charge in [0.1, 0.15) is 11.8 Å². The molecule has 0 N–H and O–H groups in total. The minimum absolute atomic E-state index is 0.0836. The van der Waals surface area contributed by atoms with Crippen LogP contribution in [0.15, 0.2) is 48.5 Å². The summed E-state index contributed by atoms with van der Waals surface area (Å²) >= 11 is 0. The van der Waals surface area contributed by atoms with E-state index in [2.05, 4.69) is 0 Å². The van der Waals surface area contributed by atoms with Gasteiger partial charge in [-0.1, -0.05) is 6.07 Å². The number of carbonyl (C=O) groups excluding carboxylic acids is 2. The number of non-ortho nitro benzene ring substituents is 1. The number of hydrogen-bond donors (Lipinski definition) is 0. The first-order chi connectivity index (χ1) is 13.4. The summed E-state index contributed by atoms with van der Waals surface area (Å²) in [7, 11) is 0. The van der Waals surface area contributed by atoms with Crippen LogP contribution in [-0.2, 0) is 4.79 Å². The summed E-state index contributed by atoms with van der Waals surface area (Å²) in [6.45, 7) is 4.83. The number of benzene rings is 2. The summed E-state index contributed by atoms with van der Waals surface area (Å²) in [4.78, 5) is 39.1. The second-order valence-electron chi connectivity index (χ2n) is 6.40. The van der Waals surface area contributed by atoms with Gasteiger partial charge >= 0.3 is 0 Å². The van der Waals surface area contributed by atoms with Crippen LogP contribution < -0.4 is 9.64 Å². The molecule has 1 saturated heterocycles. The van der Waals surface area contributed by atoms with Crippen molar-refractivity contribution in [3.63, 3.8) is 0 Å². The normalized spacial score (nSPS) is 16.8. The highest BCUT2D eigenvalue weighted by molar-refractivity contribution is 6.03. The van der Waals surface area contributed by atoms with E-state index in [0.717, 1.165) is 5.69 Å². The summed E-state index contributed by atoms with van der Waals surface area (Å²) in [5.41, 5.74) is 0.960. The maximum atomic E-state index is 12.9. The van der Waals surface area contributed by atoms with Gasteiger partial charge in [0.2, 0.25) is 5.91 Å². The molecule has 1 fully saturated rings. The molecule has 146 valence electrons. The number of ether oxygens (including phenoxy) is 1. The van der Waals surface area contributed by atoms with Gasteiger partial charge in [-0.2, -0.15) is 0 Å². The van der Waals surface area contributed by atoms with E-state index in [1.54, 1.807) is 11.8 Å². The largest absolute Gasteiger partial charge is 0.494 e. The molecule has 0 saturated carbocycles. The summed E-state index contributed by atoms with van der Waals surface area (Å²) in [5.74, 6) is 0.179. The van der Waals surface area contributed by atoms with Crippen molar-refractivity contribution in [2.45, 2.75) is 19.9 Å². The molecule has 3 rings (SSSR count). The molecule has 0 aliphatic carbocycles. The van der Waals surface area contributed by atoms with Gasteiger partial charge in [0.25, 0.3) is 11.6 Å². The predicted molar refractivity (Wildman–Crippen MR) is 104 cm³/mol. The average molecular weight is 383 g/mol. The van der Waals surface area contributed by atoms with E-state index in [4.69, 9.17) is 4.74 Å². The zero-order valence-corrected chi connectivity index (χ0v) is 15.7. The maximum absolute atomic E-state index is 12.9. The highest BCUT2D eigenvalue weighted by Crippen LogP contribution is 2.25. The Bertz CT molecular complexity index is 897. The first-order valence-corrected chi connectivity index (χ1v) is 9.02. The van der Waals surface area contributed by atoms with Gasteiger partial charge in [0.05, 0.1) is 11.5 Å².